The maximum absolute atomic E-state index is 11.0. The molecule has 2 heterocycles. The molecule has 96 valence electrons. The second-order valence-corrected chi connectivity index (χ2v) is 4.32. The van der Waals surface area contributed by atoms with E-state index in [9.17, 15) is 4.79 Å². The quantitative estimate of drug-likeness (QED) is 0.894. The molecule has 0 aliphatic carbocycles. The van der Waals surface area contributed by atoms with Crippen molar-refractivity contribution in [1.82, 2.24) is 14.6 Å². The Kier molecular flexibility index (Phi) is 3.32. The number of carboxylic acids is 1. The molecule has 0 aromatic carbocycles. The molecule has 0 unspecified atom stereocenters. The number of carboxylic acid groups (broad SMARTS) is 1. The SMILES string of the molecule is CCc1nc2cc(C)nn2c(CC)c1CC(=O)O. The van der Waals surface area contributed by atoms with Crippen LogP contribution in [0.25, 0.3) is 5.65 Å². The number of carbonyl (C=O) groups is 1. The van der Waals surface area contributed by atoms with E-state index in [0.29, 0.717) is 0 Å². The van der Waals surface area contributed by atoms with E-state index in [1.54, 1.807) is 4.52 Å². The first-order valence-corrected chi connectivity index (χ1v) is 6.15. The Morgan fingerprint density at radius 3 is 2.67 bits per heavy atom. The average Bonchev–Trinajstić information content (AvgIpc) is 2.67. The first-order valence-electron chi connectivity index (χ1n) is 6.15. The third-order valence-corrected chi connectivity index (χ3v) is 3.01. The summed E-state index contributed by atoms with van der Waals surface area (Å²) in [5.74, 6) is -0.829. The summed E-state index contributed by atoms with van der Waals surface area (Å²) >= 11 is 0. The highest BCUT2D eigenvalue weighted by atomic mass is 16.4. The third-order valence-electron chi connectivity index (χ3n) is 3.01. The van der Waals surface area contributed by atoms with E-state index in [1.807, 2.05) is 26.8 Å². The predicted molar refractivity (Wildman–Crippen MR) is 67.8 cm³/mol. The van der Waals surface area contributed by atoms with E-state index in [2.05, 4.69) is 10.1 Å². The third kappa shape index (κ3) is 2.08. The van der Waals surface area contributed by atoms with Gasteiger partial charge in [0.2, 0.25) is 0 Å². The smallest absolute Gasteiger partial charge is 0.307 e. The number of nitrogens with zero attached hydrogens (tertiary/aromatic N) is 3. The van der Waals surface area contributed by atoms with Crippen LogP contribution in [0, 0.1) is 6.92 Å². The highest BCUT2D eigenvalue weighted by molar-refractivity contribution is 5.71. The molecule has 2 aromatic heterocycles. The van der Waals surface area contributed by atoms with E-state index in [-0.39, 0.29) is 6.42 Å². The molecule has 2 aromatic rings. The molecular formula is C13H17N3O2. The minimum atomic E-state index is -0.829. The number of fused-ring (bicyclic) bond motifs is 1. The van der Waals surface area contributed by atoms with Gasteiger partial charge in [-0.3, -0.25) is 4.79 Å². The summed E-state index contributed by atoms with van der Waals surface area (Å²) in [6, 6.07) is 1.92. The largest absolute Gasteiger partial charge is 0.481 e. The van der Waals surface area contributed by atoms with Crippen molar-refractivity contribution in [1.29, 1.82) is 0 Å². The van der Waals surface area contributed by atoms with E-state index < -0.39 is 5.97 Å². The number of aromatic nitrogens is 3. The Balaban J connectivity index is 2.74. The highest BCUT2D eigenvalue weighted by Crippen LogP contribution is 2.18. The van der Waals surface area contributed by atoms with Crippen LogP contribution in [0.4, 0.5) is 0 Å². The van der Waals surface area contributed by atoms with Crippen LogP contribution < -0.4 is 0 Å². The fourth-order valence-corrected chi connectivity index (χ4v) is 2.28. The van der Waals surface area contributed by atoms with E-state index in [0.717, 1.165) is 41.1 Å². The minimum Gasteiger partial charge on any atom is -0.481 e. The molecule has 0 spiro atoms. The maximum atomic E-state index is 11.0. The lowest BCUT2D eigenvalue weighted by Gasteiger charge is -2.12. The van der Waals surface area contributed by atoms with Crippen LogP contribution in [0.5, 0.6) is 0 Å². The van der Waals surface area contributed by atoms with Crippen molar-refractivity contribution in [3.8, 4) is 0 Å². The van der Waals surface area contributed by atoms with Gasteiger partial charge in [0.15, 0.2) is 5.65 Å². The molecule has 0 radical (unpaired) electrons. The molecule has 0 bridgehead atoms. The minimum absolute atomic E-state index is 0.00813. The van der Waals surface area contributed by atoms with Crippen LogP contribution >= 0.6 is 0 Å². The zero-order valence-electron chi connectivity index (χ0n) is 10.9. The van der Waals surface area contributed by atoms with Crippen molar-refractivity contribution in [3.05, 3.63) is 28.7 Å². The van der Waals surface area contributed by atoms with Gasteiger partial charge in [-0.1, -0.05) is 13.8 Å². The summed E-state index contributed by atoms with van der Waals surface area (Å²) in [5.41, 5.74) is 4.32. The standard InChI is InChI=1S/C13H17N3O2/c1-4-10-9(7-13(17)18)11(5-2)16-12(14-10)6-8(3)15-16/h6H,4-5,7H2,1-3H3,(H,17,18). The molecule has 1 N–H and O–H groups in total. The lowest BCUT2D eigenvalue weighted by atomic mass is 10.0. The van der Waals surface area contributed by atoms with E-state index in [4.69, 9.17) is 5.11 Å². The first-order chi connectivity index (χ1) is 8.56. The van der Waals surface area contributed by atoms with Crippen molar-refractivity contribution in [2.24, 2.45) is 0 Å². The van der Waals surface area contributed by atoms with Crippen molar-refractivity contribution >= 4 is 11.6 Å². The highest BCUT2D eigenvalue weighted by Gasteiger charge is 2.16. The number of aryl methyl sites for hydroxylation is 3. The van der Waals surface area contributed by atoms with Gasteiger partial charge in [0, 0.05) is 23.0 Å². The van der Waals surface area contributed by atoms with Crippen molar-refractivity contribution in [3.63, 3.8) is 0 Å². The molecule has 0 amide bonds. The van der Waals surface area contributed by atoms with E-state index in [1.165, 1.54) is 0 Å². The molecule has 0 aliphatic rings. The predicted octanol–water partition coefficient (Wildman–Crippen LogP) is 1.79. The molecule has 5 heteroatoms. The van der Waals surface area contributed by atoms with Gasteiger partial charge in [-0.2, -0.15) is 5.10 Å². The second kappa shape index (κ2) is 4.76. The Morgan fingerprint density at radius 1 is 1.39 bits per heavy atom. The summed E-state index contributed by atoms with van der Waals surface area (Å²) in [6.07, 6.45) is 1.49. The summed E-state index contributed by atoms with van der Waals surface area (Å²) in [6.45, 7) is 5.92. The van der Waals surface area contributed by atoms with Crippen LogP contribution in [-0.2, 0) is 24.1 Å². The van der Waals surface area contributed by atoms with Gasteiger partial charge in [0.05, 0.1) is 12.1 Å². The summed E-state index contributed by atoms with van der Waals surface area (Å²) in [7, 11) is 0. The number of rotatable bonds is 4. The zero-order chi connectivity index (χ0) is 13.3. The van der Waals surface area contributed by atoms with Crippen LogP contribution in [0.2, 0.25) is 0 Å². The van der Waals surface area contributed by atoms with E-state index >= 15 is 0 Å². The Bertz CT molecular complexity index is 602. The molecule has 0 saturated heterocycles. The Hall–Kier alpha value is -1.91. The molecule has 5 nitrogen and oxygen atoms in total. The number of hydrogen-bond acceptors (Lipinski definition) is 3. The fraction of sp³-hybridized carbons (Fsp3) is 0.462. The normalized spacial score (nSPS) is 11.1. The average molecular weight is 247 g/mol. The monoisotopic (exact) mass is 247 g/mol. The topological polar surface area (TPSA) is 67.5 Å². The molecule has 0 aliphatic heterocycles. The van der Waals surface area contributed by atoms with Crippen molar-refractivity contribution < 1.29 is 9.90 Å². The Morgan fingerprint density at radius 2 is 2.11 bits per heavy atom. The van der Waals surface area contributed by atoms with Gasteiger partial charge in [-0.15, -0.1) is 0 Å². The van der Waals surface area contributed by atoms with Crippen LogP contribution in [0.15, 0.2) is 6.07 Å². The Labute approximate surface area is 105 Å². The molecular weight excluding hydrogens is 230 g/mol. The van der Waals surface area contributed by atoms with Gasteiger partial charge in [0.1, 0.15) is 0 Å². The fourth-order valence-electron chi connectivity index (χ4n) is 2.28. The summed E-state index contributed by atoms with van der Waals surface area (Å²) < 4.78 is 1.77. The lowest BCUT2D eigenvalue weighted by Crippen LogP contribution is -2.13. The zero-order valence-corrected chi connectivity index (χ0v) is 10.9. The second-order valence-electron chi connectivity index (χ2n) is 4.32. The molecule has 0 saturated carbocycles. The van der Waals surface area contributed by atoms with Crippen LogP contribution in [0.3, 0.4) is 0 Å². The van der Waals surface area contributed by atoms with Gasteiger partial charge >= 0.3 is 5.97 Å². The van der Waals surface area contributed by atoms with Gasteiger partial charge in [-0.05, 0) is 19.8 Å². The van der Waals surface area contributed by atoms with Crippen LogP contribution in [0.1, 0.15) is 36.5 Å². The number of hydrogen-bond donors (Lipinski definition) is 1. The lowest BCUT2D eigenvalue weighted by molar-refractivity contribution is -0.136. The van der Waals surface area contributed by atoms with Gasteiger partial charge in [0.25, 0.3) is 0 Å². The summed E-state index contributed by atoms with van der Waals surface area (Å²) in [4.78, 5) is 15.5. The first kappa shape index (κ1) is 12.5. The van der Waals surface area contributed by atoms with Gasteiger partial charge in [-0.25, -0.2) is 9.50 Å². The molecule has 0 atom stereocenters. The summed E-state index contributed by atoms with van der Waals surface area (Å²) in [5, 5.41) is 13.4. The maximum Gasteiger partial charge on any atom is 0.307 e. The molecule has 18 heavy (non-hydrogen) atoms. The van der Waals surface area contributed by atoms with Gasteiger partial charge < -0.3 is 5.11 Å². The number of aliphatic carboxylic acids is 1. The van der Waals surface area contributed by atoms with Crippen LogP contribution in [-0.4, -0.2) is 25.7 Å². The van der Waals surface area contributed by atoms with Crippen molar-refractivity contribution in [2.75, 3.05) is 0 Å². The van der Waals surface area contributed by atoms with Crippen molar-refractivity contribution in [2.45, 2.75) is 40.0 Å². The molecule has 2 rings (SSSR count). The molecule has 0 fully saturated rings.